The van der Waals surface area contributed by atoms with E-state index in [9.17, 15) is 0 Å². The summed E-state index contributed by atoms with van der Waals surface area (Å²) in [4.78, 5) is 5.44. The highest BCUT2D eigenvalue weighted by Crippen LogP contribution is 2.14. The molecular weight excluding hydrogens is 204 g/mol. The van der Waals surface area contributed by atoms with Gasteiger partial charge in [0.2, 0.25) is 0 Å². The van der Waals surface area contributed by atoms with Gasteiger partial charge >= 0.3 is 0 Å². The van der Waals surface area contributed by atoms with Crippen molar-refractivity contribution in [2.24, 2.45) is 10.8 Å². The largest absolute Gasteiger partial charge is 0.375 e. The summed E-state index contributed by atoms with van der Waals surface area (Å²) in [5.74, 6) is 0. The summed E-state index contributed by atoms with van der Waals surface area (Å²) in [6.07, 6.45) is 1.60. The fourth-order valence-electron chi connectivity index (χ4n) is 0.704. The second-order valence-electron chi connectivity index (χ2n) is 2.43. The topological polar surface area (TPSA) is 63.3 Å². The quantitative estimate of drug-likeness (QED) is 0.437. The lowest BCUT2D eigenvalue weighted by molar-refractivity contribution is 1.04. The van der Waals surface area contributed by atoms with Crippen molar-refractivity contribution >= 4 is 34.9 Å². The summed E-state index contributed by atoms with van der Waals surface area (Å²) in [7, 11) is 0. The van der Waals surface area contributed by atoms with Crippen molar-refractivity contribution in [3.05, 3.63) is 15.6 Å². The van der Waals surface area contributed by atoms with E-state index in [1.54, 1.807) is 17.6 Å². The normalized spacial score (nSPS) is 10.6. The second-order valence-corrected chi connectivity index (χ2v) is 4.10. The van der Waals surface area contributed by atoms with Crippen molar-refractivity contribution in [3.63, 3.8) is 0 Å². The van der Waals surface area contributed by atoms with E-state index in [1.807, 2.05) is 13.8 Å². The Hall–Kier alpha value is -1.01. The Morgan fingerprint density at radius 1 is 1.69 bits per heavy atom. The Morgan fingerprint density at radius 2 is 2.38 bits per heavy atom. The number of hydrazone groups is 1. The van der Waals surface area contributed by atoms with Gasteiger partial charge in [-0.25, -0.2) is 4.98 Å². The fraction of sp³-hybridized carbons (Fsp3) is 0.286. The molecule has 0 spiro atoms. The van der Waals surface area contributed by atoms with Gasteiger partial charge in [-0.2, -0.15) is 5.10 Å². The van der Waals surface area contributed by atoms with Crippen LogP contribution in [0, 0.1) is 13.8 Å². The molecule has 0 saturated heterocycles. The van der Waals surface area contributed by atoms with Gasteiger partial charge in [-0.3, -0.25) is 5.43 Å². The molecule has 0 bridgehead atoms. The van der Waals surface area contributed by atoms with Crippen LogP contribution in [0.2, 0.25) is 0 Å². The molecule has 0 amide bonds. The van der Waals surface area contributed by atoms with Gasteiger partial charge in [0.1, 0.15) is 5.01 Å². The summed E-state index contributed by atoms with van der Waals surface area (Å²) in [6, 6.07) is 0. The standard InChI is InChI=1S/C7H10N4S2/c1-4-5(2)13-6(10-4)3-9-11-7(8)12/h3H,1-2H3,(H3,8,11,12)/b9-3+. The number of thiazole rings is 1. The first-order valence-corrected chi connectivity index (χ1v) is 4.84. The number of rotatable bonds is 2. The van der Waals surface area contributed by atoms with Gasteiger partial charge in [0.05, 0.1) is 11.9 Å². The SMILES string of the molecule is Cc1nc(/C=N/NC(N)=S)sc1C. The first-order valence-electron chi connectivity index (χ1n) is 3.62. The van der Waals surface area contributed by atoms with Crippen LogP contribution in [0.15, 0.2) is 5.10 Å². The van der Waals surface area contributed by atoms with E-state index in [1.165, 1.54) is 4.88 Å². The molecule has 1 rings (SSSR count). The Bertz CT molecular complexity index is 323. The van der Waals surface area contributed by atoms with Crippen LogP contribution in [0.4, 0.5) is 0 Å². The Balaban J connectivity index is 2.64. The molecule has 0 aromatic carbocycles. The van der Waals surface area contributed by atoms with E-state index in [0.717, 1.165) is 10.7 Å². The van der Waals surface area contributed by atoms with E-state index >= 15 is 0 Å². The van der Waals surface area contributed by atoms with E-state index in [0.29, 0.717) is 0 Å². The Labute approximate surface area is 85.9 Å². The predicted octanol–water partition coefficient (Wildman–Crippen LogP) is 0.927. The van der Waals surface area contributed by atoms with Crippen molar-refractivity contribution in [1.29, 1.82) is 0 Å². The van der Waals surface area contributed by atoms with Crippen LogP contribution < -0.4 is 11.2 Å². The third kappa shape index (κ3) is 3.08. The number of nitrogens with two attached hydrogens (primary N) is 1. The summed E-state index contributed by atoms with van der Waals surface area (Å²) in [6.45, 7) is 3.98. The minimum absolute atomic E-state index is 0.154. The maximum atomic E-state index is 5.18. The van der Waals surface area contributed by atoms with Gasteiger partial charge in [0.15, 0.2) is 5.11 Å². The molecule has 0 atom stereocenters. The van der Waals surface area contributed by atoms with Crippen LogP contribution in [-0.2, 0) is 0 Å². The molecule has 0 aliphatic rings. The molecule has 4 nitrogen and oxygen atoms in total. The molecule has 6 heteroatoms. The maximum absolute atomic E-state index is 5.18. The number of aryl methyl sites for hydroxylation is 2. The van der Waals surface area contributed by atoms with Crippen molar-refractivity contribution in [2.45, 2.75) is 13.8 Å². The molecule has 0 fully saturated rings. The smallest absolute Gasteiger partial charge is 0.184 e. The highest BCUT2D eigenvalue weighted by Gasteiger charge is 1.99. The zero-order valence-electron chi connectivity index (χ0n) is 7.37. The monoisotopic (exact) mass is 214 g/mol. The summed E-state index contributed by atoms with van der Waals surface area (Å²) < 4.78 is 0. The van der Waals surface area contributed by atoms with Gasteiger partial charge in [0, 0.05) is 4.88 Å². The Morgan fingerprint density at radius 3 is 2.85 bits per heavy atom. The van der Waals surface area contributed by atoms with E-state index in [-0.39, 0.29) is 5.11 Å². The third-order valence-electron chi connectivity index (χ3n) is 1.39. The maximum Gasteiger partial charge on any atom is 0.184 e. The summed E-state index contributed by atoms with van der Waals surface area (Å²) >= 11 is 6.16. The van der Waals surface area contributed by atoms with Gasteiger partial charge in [-0.1, -0.05) is 0 Å². The molecule has 1 aromatic rings. The van der Waals surface area contributed by atoms with Crippen LogP contribution in [0.3, 0.4) is 0 Å². The molecule has 0 aliphatic carbocycles. The molecule has 1 heterocycles. The molecule has 0 saturated carbocycles. The van der Waals surface area contributed by atoms with Crippen LogP contribution >= 0.6 is 23.6 Å². The number of hydrogen-bond acceptors (Lipinski definition) is 4. The molecular formula is C7H10N4S2. The highest BCUT2D eigenvalue weighted by molar-refractivity contribution is 7.80. The fourth-order valence-corrected chi connectivity index (χ4v) is 1.55. The van der Waals surface area contributed by atoms with E-state index in [2.05, 4.69) is 27.7 Å². The summed E-state index contributed by atoms with van der Waals surface area (Å²) in [5.41, 5.74) is 8.68. The van der Waals surface area contributed by atoms with Crippen molar-refractivity contribution < 1.29 is 0 Å². The second kappa shape index (κ2) is 4.29. The molecule has 3 N–H and O–H groups in total. The van der Waals surface area contributed by atoms with Crippen molar-refractivity contribution in [2.75, 3.05) is 0 Å². The van der Waals surface area contributed by atoms with E-state index in [4.69, 9.17) is 5.73 Å². The minimum atomic E-state index is 0.154. The van der Waals surface area contributed by atoms with Gasteiger partial charge in [-0.15, -0.1) is 11.3 Å². The first-order chi connectivity index (χ1) is 6.09. The number of nitrogens with zero attached hydrogens (tertiary/aromatic N) is 2. The van der Waals surface area contributed by atoms with Gasteiger partial charge in [-0.05, 0) is 26.1 Å². The molecule has 0 aliphatic heterocycles. The van der Waals surface area contributed by atoms with Gasteiger partial charge in [0.25, 0.3) is 0 Å². The molecule has 13 heavy (non-hydrogen) atoms. The average molecular weight is 214 g/mol. The lowest BCUT2D eigenvalue weighted by Crippen LogP contribution is -2.23. The van der Waals surface area contributed by atoms with Crippen molar-refractivity contribution in [1.82, 2.24) is 10.4 Å². The van der Waals surface area contributed by atoms with Crippen molar-refractivity contribution in [3.8, 4) is 0 Å². The highest BCUT2D eigenvalue weighted by atomic mass is 32.1. The number of hydrogen-bond donors (Lipinski definition) is 2. The number of aromatic nitrogens is 1. The zero-order chi connectivity index (χ0) is 9.84. The number of nitrogens with one attached hydrogen (secondary N) is 1. The lowest BCUT2D eigenvalue weighted by atomic mass is 10.4. The van der Waals surface area contributed by atoms with Crippen LogP contribution in [-0.4, -0.2) is 16.3 Å². The minimum Gasteiger partial charge on any atom is -0.375 e. The first kappa shape index (κ1) is 10.1. The van der Waals surface area contributed by atoms with Crippen LogP contribution in [0.1, 0.15) is 15.6 Å². The molecule has 0 unspecified atom stereocenters. The average Bonchev–Trinajstić information content (AvgIpc) is 2.30. The third-order valence-corrected chi connectivity index (χ3v) is 2.49. The van der Waals surface area contributed by atoms with Crippen LogP contribution in [0.5, 0.6) is 0 Å². The van der Waals surface area contributed by atoms with Crippen LogP contribution in [0.25, 0.3) is 0 Å². The van der Waals surface area contributed by atoms with E-state index < -0.39 is 0 Å². The number of thiocarbonyl (C=S) groups is 1. The predicted molar refractivity (Wildman–Crippen MR) is 59.1 cm³/mol. The lowest BCUT2D eigenvalue weighted by Gasteiger charge is -1.90. The zero-order valence-corrected chi connectivity index (χ0v) is 9.00. The Kier molecular flexibility index (Phi) is 3.32. The summed E-state index contributed by atoms with van der Waals surface area (Å²) in [5, 5.41) is 4.80. The van der Waals surface area contributed by atoms with Gasteiger partial charge < -0.3 is 5.73 Å². The molecule has 1 aromatic heterocycles. The molecule has 70 valence electrons. The molecule has 0 radical (unpaired) electrons.